The Hall–Kier alpha value is -2.20. The minimum Gasteiger partial charge on any atom is -0.354 e. The van der Waals surface area contributed by atoms with E-state index in [2.05, 4.69) is 50.1 Å². The molecule has 0 bridgehead atoms. The van der Waals surface area contributed by atoms with Gasteiger partial charge in [0.25, 0.3) is 0 Å². The summed E-state index contributed by atoms with van der Waals surface area (Å²) in [6, 6.07) is 13.0. The zero-order valence-electron chi connectivity index (χ0n) is 14.0. The van der Waals surface area contributed by atoms with E-state index in [0.29, 0.717) is 6.04 Å². The Balaban J connectivity index is 1.33. The van der Waals surface area contributed by atoms with Crippen molar-refractivity contribution in [2.24, 2.45) is 0 Å². The van der Waals surface area contributed by atoms with Crippen LogP contribution in [0.5, 0.6) is 0 Å². The van der Waals surface area contributed by atoms with Gasteiger partial charge in [-0.25, -0.2) is 4.98 Å². The molecule has 0 spiro atoms. The molecule has 2 aromatic heterocycles. The van der Waals surface area contributed by atoms with Crippen LogP contribution in [-0.4, -0.2) is 47.1 Å². The summed E-state index contributed by atoms with van der Waals surface area (Å²) in [4.78, 5) is 14.0. The highest BCUT2D eigenvalue weighted by atomic mass is 15.3. The zero-order valence-corrected chi connectivity index (χ0v) is 14.0. The van der Waals surface area contributed by atoms with Crippen LogP contribution in [0, 0.1) is 0 Å². The normalized spacial score (nSPS) is 22.2. The number of pyridine rings is 2. The molecule has 0 saturated carbocycles. The lowest BCUT2D eigenvalue weighted by molar-refractivity contribution is 0.175. The summed E-state index contributed by atoms with van der Waals surface area (Å²) in [5.74, 6) is 1.11. The second-order valence-corrected chi connectivity index (χ2v) is 6.58. The highest BCUT2D eigenvalue weighted by molar-refractivity contribution is 5.63. The van der Waals surface area contributed by atoms with Crippen molar-refractivity contribution >= 4 is 11.4 Å². The highest BCUT2D eigenvalue weighted by Crippen LogP contribution is 2.29. The van der Waals surface area contributed by atoms with Crippen LogP contribution in [0.4, 0.5) is 5.82 Å². The molecule has 0 amide bonds. The van der Waals surface area contributed by atoms with Crippen molar-refractivity contribution in [1.29, 1.82) is 0 Å². The van der Waals surface area contributed by atoms with E-state index in [1.165, 1.54) is 12.0 Å². The molecule has 3 heterocycles. The first-order chi connectivity index (χ1) is 11.9. The Kier molecular flexibility index (Phi) is 4.56. The average Bonchev–Trinajstić information content (AvgIpc) is 2.70. The van der Waals surface area contributed by atoms with Gasteiger partial charge in [0.1, 0.15) is 5.82 Å². The Morgan fingerprint density at radius 3 is 2.29 bits per heavy atom. The number of piperazine rings is 1. The number of nitrogens with zero attached hydrogens (tertiary/aromatic N) is 4. The van der Waals surface area contributed by atoms with Gasteiger partial charge in [0.15, 0.2) is 0 Å². The van der Waals surface area contributed by atoms with E-state index in [1.54, 1.807) is 0 Å². The Morgan fingerprint density at radius 1 is 0.875 bits per heavy atom. The molecule has 124 valence electrons. The summed E-state index contributed by atoms with van der Waals surface area (Å²) in [6.45, 7) is 4.41. The van der Waals surface area contributed by atoms with Crippen molar-refractivity contribution in [3.63, 3.8) is 0 Å². The van der Waals surface area contributed by atoms with Crippen LogP contribution < -0.4 is 4.90 Å². The van der Waals surface area contributed by atoms with Crippen LogP contribution in [0.1, 0.15) is 25.0 Å². The molecule has 2 aromatic rings. The van der Waals surface area contributed by atoms with Crippen LogP contribution in [0.15, 0.2) is 54.9 Å². The highest BCUT2D eigenvalue weighted by Gasteiger charge is 2.26. The fourth-order valence-corrected chi connectivity index (χ4v) is 3.79. The molecule has 24 heavy (non-hydrogen) atoms. The van der Waals surface area contributed by atoms with Crippen molar-refractivity contribution in [2.45, 2.75) is 25.3 Å². The summed E-state index contributed by atoms with van der Waals surface area (Å²) in [6.07, 6.45) is 9.71. The Labute approximate surface area is 143 Å². The molecule has 0 radical (unpaired) electrons. The summed E-state index contributed by atoms with van der Waals surface area (Å²) in [7, 11) is 0. The fraction of sp³-hybridized carbons (Fsp3) is 0.400. The predicted molar refractivity (Wildman–Crippen MR) is 97.9 cm³/mol. The molecular formula is C20H24N4. The van der Waals surface area contributed by atoms with E-state index in [4.69, 9.17) is 0 Å². The summed E-state index contributed by atoms with van der Waals surface area (Å²) >= 11 is 0. The van der Waals surface area contributed by atoms with Crippen LogP contribution in [0.25, 0.3) is 5.57 Å². The molecule has 0 N–H and O–H groups in total. The summed E-state index contributed by atoms with van der Waals surface area (Å²) < 4.78 is 0. The maximum atomic E-state index is 4.49. The van der Waals surface area contributed by atoms with Gasteiger partial charge in [-0.3, -0.25) is 9.88 Å². The first kappa shape index (κ1) is 15.3. The van der Waals surface area contributed by atoms with Crippen molar-refractivity contribution in [2.75, 3.05) is 31.1 Å². The standard InChI is InChI=1S/C20H24N4/c1-3-11-21-19(5-1)17-7-9-18(10-8-17)23-13-15-24(16-14-23)20-6-2-4-12-22-20/h1-7,11-12,18H,8-10,13-16H2/t18-/m1/s1. The zero-order chi connectivity index (χ0) is 16.2. The smallest absolute Gasteiger partial charge is 0.128 e. The largest absolute Gasteiger partial charge is 0.354 e. The number of allylic oxidation sites excluding steroid dienone is 1. The van der Waals surface area contributed by atoms with Gasteiger partial charge in [-0.15, -0.1) is 0 Å². The Bertz CT molecular complexity index is 675. The molecule has 4 heteroatoms. The molecule has 0 aromatic carbocycles. The van der Waals surface area contributed by atoms with E-state index in [0.717, 1.165) is 50.5 Å². The topological polar surface area (TPSA) is 32.3 Å². The van der Waals surface area contributed by atoms with Gasteiger partial charge >= 0.3 is 0 Å². The van der Waals surface area contributed by atoms with Crippen molar-refractivity contribution in [3.05, 3.63) is 60.6 Å². The molecule has 1 fully saturated rings. The minimum atomic E-state index is 0.684. The monoisotopic (exact) mass is 320 g/mol. The van der Waals surface area contributed by atoms with E-state index in [9.17, 15) is 0 Å². The maximum absolute atomic E-state index is 4.49. The third kappa shape index (κ3) is 3.34. The number of anilines is 1. The van der Waals surface area contributed by atoms with E-state index >= 15 is 0 Å². The van der Waals surface area contributed by atoms with Gasteiger partial charge in [0.2, 0.25) is 0 Å². The van der Waals surface area contributed by atoms with Crippen molar-refractivity contribution in [3.8, 4) is 0 Å². The van der Waals surface area contributed by atoms with Gasteiger partial charge < -0.3 is 4.90 Å². The van der Waals surface area contributed by atoms with Crippen LogP contribution in [0.3, 0.4) is 0 Å². The number of hydrogen-bond donors (Lipinski definition) is 0. The van der Waals surface area contributed by atoms with Gasteiger partial charge in [-0.05, 0) is 49.1 Å². The maximum Gasteiger partial charge on any atom is 0.128 e. The lowest BCUT2D eigenvalue weighted by Crippen LogP contribution is -2.50. The van der Waals surface area contributed by atoms with Gasteiger partial charge in [0, 0.05) is 44.6 Å². The number of aromatic nitrogens is 2. The molecular weight excluding hydrogens is 296 g/mol. The fourth-order valence-electron chi connectivity index (χ4n) is 3.79. The molecule has 1 atom stereocenters. The second-order valence-electron chi connectivity index (χ2n) is 6.58. The quantitative estimate of drug-likeness (QED) is 0.869. The number of rotatable bonds is 3. The van der Waals surface area contributed by atoms with E-state index in [-0.39, 0.29) is 0 Å². The minimum absolute atomic E-state index is 0.684. The molecule has 0 unspecified atom stereocenters. The van der Waals surface area contributed by atoms with Crippen LogP contribution in [0.2, 0.25) is 0 Å². The lowest BCUT2D eigenvalue weighted by Gasteiger charge is -2.40. The van der Waals surface area contributed by atoms with E-state index < -0.39 is 0 Å². The van der Waals surface area contributed by atoms with Gasteiger partial charge in [-0.2, -0.15) is 0 Å². The number of hydrogen-bond acceptors (Lipinski definition) is 4. The van der Waals surface area contributed by atoms with Gasteiger partial charge in [-0.1, -0.05) is 18.2 Å². The molecule has 1 aliphatic carbocycles. The van der Waals surface area contributed by atoms with E-state index in [1.807, 2.05) is 24.5 Å². The molecule has 1 saturated heterocycles. The average molecular weight is 320 g/mol. The molecule has 2 aliphatic rings. The second kappa shape index (κ2) is 7.14. The molecule has 1 aliphatic heterocycles. The third-order valence-corrected chi connectivity index (χ3v) is 5.18. The SMILES string of the molecule is C1=C(c2ccccn2)CC[C@H](N2CCN(c3ccccn3)CC2)C1. The Morgan fingerprint density at radius 2 is 1.67 bits per heavy atom. The third-order valence-electron chi connectivity index (χ3n) is 5.18. The molecule has 4 nitrogen and oxygen atoms in total. The molecule has 4 rings (SSSR count). The predicted octanol–water partition coefficient (Wildman–Crippen LogP) is 3.23. The first-order valence-corrected chi connectivity index (χ1v) is 8.90. The van der Waals surface area contributed by atoms with Crippen molar-refractivity contribution < 1.29 is 0 Å². The van der Waals surface area contributed by atoms with Crippen LogP contribution >= 0.6 is 0 Å². The van der Waals surface area contributed by atoms with Crippen LogP contribution in [-0.2, 0) is 0 Å². The lowest BCUT2D eigenvalue weighted by atomic mass is 9.91. The summed E-state index contributed by atoms with van der Waals surface area (Å²) in [5, 5.41) is 0. The van der Waals surface area contributed by atoms with Crippen molar-refractivity contribution in [1.82, 2.24) is 14.9 Å². The summed E-state index contributed by atoms with van der Waals surface area (Å²) in [5.41, 5.74) is 2.56. The van der Waals surface area contributed by atoms with Gasteiger partial charge in [0.05, 0.1) is 5.69 Å². The first-order valence-electron chi connectivity index (χ1n) is 8.90.